The predicted octanol–water partition coefficient (Wildman–Crippen LogP) is 3.64. The average Bonchev–Trinajstić information content (AvgIpc) is 2.46. The zero-order valence-electron chi connectivity index (χ0n) is 14.2. The maximum atomic E-state index is 11.8. The van der Waals surface area contributed by atoms with E-state index in [0.717, 1.165) is 18.4 Å². The largest absolute Gasteiger partial charge is 0.475 e. The van der Waals surface area contributed by atoms with E-state index in [2.05, 4.69) is 22.5 Å². The second kappa shape index (κ2) is 10.0. The number of nitrogens with one attached hydrogen (secondary N) is 2. The van der Waals surface area contributed by atoms with Gasteiger partial charge in [0.15, 0.2) is 0 Å². The van der Waals surface area contributed by atoms with Gasteiger partial charge in [-0.1, -0.05) is 32.3 Å². The third-order valence-corrected chi connectivity index (χ3v) is 3.23. The van der Waals surface area contributed by atoms with Crippen LogP contribution in [0.3, 0.4) is 0 Å². The Hall–Kier alpha value is -1.78. The number of unbranched alkanes of at least 4 members (excludes halogenated alkanes) is 2. The van der Waals surface area contributed by atoms with E-state index in [4.69, 9.17) is 4.74 Å². The third-order valence-electron chi connectivity index (χ3n) is 3.23. The van der Waals surface area contributed by atoms with Gasteiger partial charge in [0.05, 0.1) is 6.10 Å². The van der Waals surface area contributed by atoms with Crippen LogP contribution in [0.25, 0.3) is 0 Å². The van der Waals surface area contributed by atoms with Crippen LogP contribution in [0.2, 0.25) is 0 Å². The lowest BCUT2D eigenvalue weighted by Crippen LogP contribution is -2.40. The van der Waals surface area contributed by atoms with Crippen LogP contribution in [0, 0.1) is 0 Å². The van der Waals surface area contributed by atoms with Gasteiger partial charge in [-0.15, -0.1) is 0 Å². The van der Waals surface area contributed by atoms with Crippen molar-refractivity contribution >= 4 is 6.03 Å². The SMILES string of the molecule is CCCCCC(C)NC(=O)NCc1ccc(OC(C)C)nc1. The summed E-state index contributed by atoms with van der Waals surface area (Å²) in [5.74, 6) is 0.604. The van der Waals surface area contributed by atoms with Crippen LogP contribution in [-0.4, -0.2) is 23.2 Å². The Morgan fingerprint density at radius 2 is 2.05 bits per heavy atom. The number of carbonyl (C=O) groups is 1. The number of hydrogen-bond donors (Lipinski definition) is 2. The molecule has 22 heavy (non-hydrogen) atoms. The molecule has 0 aliphatic rings. The second-order valence-corrected chi connectivity index (χ2v) is 5.90. The van der Waals surface area contributed by atoms with Crippen molar-refractivity contribution in [2.24, 2.45) is 0 Å². The Morgan fingerprint density at radius 1 is 1.27 bits per heavy atom. The molecule has 0 bridgehead atoms. The van der Waals surface area contributed by atoms with E-state index in [-0.39, 0.29) is 18.2 Å². The van der Waals surface area contributed by atoms with Crippen LogP contribution >= 0.6 is 0 Å². The van der Waals surface area contributed by atoms with Gasteiger partial charge in [0.25, 0.3) is 0 Å². The van der Waals surface area contributed by atoms with Gasteiger partial charge in [0.1, 0.15) is 0 Å². The minimum absolute atomic E-state index is 0.108. The molecule has 1 rings (SSSR count). The van der Waals surface area contributed by atoms with Crippen molar-refractivity contribution in [3.05, 3.63) is 23.9 Å². The zero-order valence-corrected chi connectivity index (χ0v) is 14.2. The first kappa shape index (κ1) is 18.3. The smallest absolute Gasteiger partial charge is 0.315 e. The lowest BCUT2D eigenvalue weighted by atomic mass is 10.1. The van der Waals surface area contributed by atoms with Crippen LogP contribution in [0.4, 0.5) is 4.79 Å². The van der Waals surface area contributed by atoms with Gasteiger partial charge in [-0.3, -0.25) is 0 Å². The molecule has 2 N–H and O–H groups in total. The van der Waals surface area contributed by atoms with Crippen molar-refractivity contribution in [3.63, 3.8) is 0 Å². The number of urea groups is 1. The lowest BCUT2D eigenvalue weighted by Gasteiger charge is -2.14. The van der Waals surface area contributed by atoms with E-state index in [9.17, 15) is 4.79 Å². The molecule has 1 aromatic rings. The quantitative estimate of drug-likeness (QED) is 0.685. The van der Waals surface area contributed by atoms with Gasteiger partial charge in [0.2, 0.25) is 5.88 Å². The van der Waals surface area contributed by atoms with E-state index in [1.54, 1.807) is 6.20 Å². The summed E-state index contributed by atoms with van der Waals surface area (Å²) in [5.41, 5.74) is 0.949. The fraction of sp³-hybridized carbons (Fsp3) is 0.647. The van der Waals surface area contributed by atoms with Crippen molar-refractivity contribution in [1.29, 1.82) is 0 Å². The Kier molecular flexibility index (Phi) is 8.33. The number of aromatic nitrogens is 1. The maximum Gasteiger partial charge on any atom is 0.315 e. The number of ether oxygens (including phenoxy) is 1. The van der Waals surface area contributed by atoms with E-state index in [1.807, 2.05) is 32.9 Å². The van der Waals surface area contributed by atoms with Gasteiger partial charge >= 0.3 is 6.03 Å². The normalized spacial score (nSPS) is 12.0. The fourth-order valence-corrected chi connectivity index (χ4v) is 2.06. The summed E-state index contributed by atoms with van der Waals surface area (Å²) >= 11 is 0. The molecular formula is C17H29N3O2. The summed E-state index contributed by atoms with van der Waals surface area (Å²) in [6.07, 6.45) is 6.41. The number of nitrogens with zero attached hydrogens (tertiary/aromatic N) is 1. The molecule has 1 atom stereocenters. The summed E-state index contributed by atoms with van der Waals surface area (Å²) in [5, 5.41) is 5.80. The van der Waals surface area contributed by atoms with Crippen molar-refractivity contribution in [3.8, 4) is 5.88 Å². The molecule has 1 heterocycles. The van der Waals surface area contributed by atoms with Crippen LogP contribution < -0.4 is 15.4 Å². The maximum absolute atomic E-state index is 11.8. The van der Waals surface area contributed by atoms with E-state index >= 15 is 0 Å². The number of hydrogen-bond acceptors (Lipinski definition) is 3. The molecule has 5 heteroatoms. The summed E-state index contributed by atoms with van der Waals surface area (Å²) < 4.78 is 5.48. The molecule has 0 radical (unpaired) electrons. The highest BCUT2D eigenvalue weighted by Crippen LogP contribution is 2.09. The molecule has 5 nitrogen and oxygen atoms in total. The first-order valence-corrected chi connectivity index (χ1v) is 8.17. The van der Waals surface area contributed by atoms with Gasteiger partial charge in [-0.05, 0) is 32.8 Å². The number of amides is 2. The minimum Gasteiger partial charge on any atom is -0.475 e. The Labute approximate surface area is 133 Å². The highest BCUT2D eigenvalue weighted by molar-refractivity contribution is 5.74. The van der Waals surface area contributed by atoms with Crippen LogP contribution in [0.15, 0.2) is 18.3 Å². The summed E-state index contributed by atoms with van der Waals surface area (Å²) in [4.78, 5) is 16.0. The molecule has 124 valence electrons. The van der Waals surface area contributed by atoms with Crippen LogP contribution in [-0.2, 0) is 6.54 Å². The molecule has 1 unspecified atom stereocenters. The summed E-state index contributed by atoms with van der Waals surface area (Å²) in [6.45, 7) is 8.60. The highest BCUT2D eigenvalue weighted by Gasteiger charge is 2.07. The molecule has 2 amide bonds. The molecule has 0 saturated carbocycles. The molecule has 0 spiro atoms. The molecule has 0 saturated heterocycles. The number of carbonyl (C=O) groups excluding carboxylic acids is 1. The van der Waals surface area contributed by atoms with E-state index in [1.165, 1.54) is 12.8 Å². The standard InChI is InChI=1S/C17H29N3O2/c1-5-6-7-8-14(4)20-17(21)19-12-15-9-10-16(18-11-15)22-13(2)3/h9-11,13-14H,5-8,12H2,1-4H3,(H2,19,20,21). The minimum atomic E-state index is -0.133. The third kappa shape index (κ3) is 7.86. The molecule has 1 aromatic heterocycles. The predicted molar refractivity (Wildman–Crippen MR) is 89.0 cm³/mol. The molecular weight excluding hydrogens is 278 g/mol. The van der Waals surface area contributed by atoms with Crippen LogP contribution in [0.5, 0.6) is 5.88 Å². The first-order valence-electron chi connectivity index (χ1n) is 8.17. The van der Waals surface area contributed by atoms with Gasteiger partial charge < -0.3 is 15.4 Å². The van der Waals surface area contributed by atoms with Crippen LogP contribution in [0.1, 0.15) is 58.9 Å². The van der Waals surface area contributed by atoms with Gasteiger partial charge in [-0.2, -0.15) is 0 Å². The van der Waals surface area contributed by atoms with E-state index < -0.39 is 0 Å². The first-order chi connectivity index (χ1) is 10.5. The molecule has 0 aliphatic carbocycles. The lowest BCUT2D eigenvalue weighted by molar-refractivity contribution is 0.232. The molecule has 0 aromatic carbocycles. The van der Waals surface area contributed by atoms with Crippen molar-refractivity contribution < 1.29 is 9.53 Å². The topological polar surface area (TPSA) is 63.2 Å². The Morgan fingerprint density at radius 3 is 2.64 bits per heavy atom. The second-order valence-electron chi connectivity index (χ2n) is 5.90. The van der Waals surface area contributed by atoms with E-state index in [0.29, 0.717) is 12.4 Å². The average molecular weight is 307 g/mol. The monoisotopic (exact) mass is 307 g/mol. The molecule has 0 aliphatic heterocycles. The Bertz CT molecular complexity index is 432. The highest BCUT2D eigenvalue weighted by atomic mass is 16.5. The number of pyridine rings is 1. The van der Waals surface area contributed by atoms with Gasteiger partial charge in [-0.25, -0.2) is 9.78 Å². The molecule has 0 fully saturated rings. The Balaban J connectivity index is 2.28. The van der Waals surface area contributed by atoms with Gasteiger partial charge in [0, 0.05) is 24.8 Å². The van der Waals surface area contributed by atoms with Crippen molar-refractivity contribution in [2.75, 3.05) is 0 Å². The number of rotatable bonds is 9. The van der Waals surface area contributed by atoms with Crippen molar-refractivity contribution in [2.45, 2.75) is 72.1 Å². The fourth-order valence-electron chi connectivity index (χ4n) is 2.06. The van der Waals surface area contributed by atoms with Crippen molar-refractivity contribution in [1.82, 2.24) is 15.6 Å². The zero-order chi connectivity index (χ0) is 16.4. The summed E-state index contributed by atoms with van der Waals surface area (Å²) in [7, 11) is 0. The summed E-state index contributed by atoms with van der Waals surface area (Å²) in [6, 6.07) is 3.80.